The van der Waals surface area contributed by atoms with Gasteiger partial charge in [-0.25, -0.2) is 15.0 Å². The van der Waals surface area contributed by atoms with E-state index in [9.17, 15) is 25.1 Å². The van der Waals surface area contributed by atoms with Crippen LogP contribution in [-0.4, -0.2) is 79.1 Å². The summed E-state index contributed by atoms with van der Waals surface area (Å²) >= 11 is 0. The molecule has 266 valence electrons. The van der Waals surface area contributed by atoms with Gasteiger partial charge in [0.05, 0.1) is 25.0 Å². The third-order valence-corrected chi connectivity index (χ3v) is 9.10. The molecule has 5 N–H and O–H groups in total. The molecule has 3 heterocycles. The third kappa shape index (κ3) is 7.05. The molecular formula is C37H36N8O7. The van der Waals surface area contributed by atoms with E-state index >= 15 is 0 Å². The van der Waals surface area contributed by atoms with Crippen LogP contribution in [0.1, 0.15) is 27.7 Å². The van der Waals surface area contributed by atoms with Gasteiger partial charge in [0.1, 0.15) is 36.0 Å². The lowest BCUT2D eigenvalue weighted by molar-refractivity contribution is -0.384. The first-order chi connectivity index (χ1) is 25.3. The summed E-state index contributed by atoms with van der Waals surface area (Å²) in [7, 11) is 1.59. The molecule has 52 heavy (non-hydrogen) atoms. The Morgan fingerprint density at radius 1 is 0.981 bits per heavy atom. The molecule has 1 fully saturated rings. The molecule has 0 unspecified atom stereocenters. The number of carbonyl (C=O) groups excluding carboxylic acids is 1. The summed E-state index contributed by atoms with van der Waals surface area (Å²) in [6.45, 7) is 0.362. The number of amides is 1. The van der Waals surface area contributed by atoms with E-state index in [2.05, 4.69) is 49.1 Å². The number of rotatable bonds is 13. The molecule has 2 aromatic heterocycles. The number of nitro groups is 1. The van der Waals surface area contributed by atoms with Crippen molar-refractivity contribution in [3.05, 3.63) is 124 Å². The van der Waals surface area contributed by atoms with Crippen molar-refractivity contribution in [2.24, 2.45) is 0 Å². The molecule has 1 aliphatic rings. The summed E-state index contributed by atoms with van der Waals surface area (Å²) in [5.41, 5.74) is 2.84. The van der Waals surface area contributed by atoms with Gasteiger partial charge in [-0.1, -0.05) is 48.5 Å². The molecule has 0 bridgehead atoms. The number of aliphatic hydroxyl groups is 2. The number of methoxy groups -OCH3 is 1. The maximum atomic E-state index is 13.6. The normalized spacial score (nSPS) is 18.4. The number of aromatic nitrogens is 4. The van der Waals surface area contributed by atoms with Gasteiger partial charge in [0.25, 0.3) is 11.6 Å². The van der Waals surface area contributed by atoms with Crippen molar-refractivity contribution in [1.82, 2.24) is 24.8 Å². The van der Waals surface area contributed by atoms with Crippen LogP contribution in [-0.2, 0) is 17.7 Å². The van der Waals surface area contributed by atoms with Gasteiger partial charge in [-0.15, -0.1) is 0 Å². The van der Waals surface area contributed by atoms with Gasteiger partial charge in [0, 0.05) is 24.7 Å². The van der Waals surface area contributed by atoms with Crippen LogP contribution in [0.15, 0.2) is 97.6 Å². The molecule has 0 aliphatic carbocycles. The van der Waals surface area contributed by atoms with Crippen LogP contribution in [0.2, 0.25) is 0 Å². The number of nitrogens with one attached hydrogen (secondary N) is 3. The van der Waals surface area contributed by atoms with Crippen LogP contribution in [0.25, 0.3) is 21.9 Å². The van der Waals surface area contributed by atoms with Crippen molar-refractivity contribution in [3.63, 3.8) is 0 Å². The molecule has 4 aromatic carbocycles. The van der Waals surface area contributed by atoms with E-state index in [1.54, 1.807) is 11.7 Å². The summed E-state index contributed by atoms with van der Waals surface area (Å²) in [6.07, 6.45) is 0.0557. The number of carbonyl (C=O) groups is 1. The van der Waals surface area contributed by atoms with E-state index in [0.717, 1.165) is 27.6 Å². The number of nitro benzene ring substituents is 1. The highest BCUT2D eigenvalue weighted by Gasteiger charge is 2.46. The van der Waals surface area contributed by atoms with E-state index in [1.165, 1.54) is 30.9 Å². The van der Waals surface area contributed by atoms with Gasteiger partial charge in [-0.05, 0) is 58.7 Å². The van der Waals surface area contributed by atoms with E-state index in [4.69, 9.17) is 9.47 Å². The van der Waals surface area contributed by atoms with Crippen molar-refractivity contribution in [1.29, 1.82) is 0 Å². The fourth-order valence-electron chi connectivity index (χ4n) is 6.33. The Morgan fingerprint density at radius 3 is 2.54 bits per heavy atom. The number of fused-ring (bicyclic) bond motifs is 2. The van der Waals surface area contributed by atoms with Crippen LogP contribution < -0.4 is 20.7 Å². The largest absolute Gasteiger partial charge is 0.497 e. The first-order valence-electron chi connectivity index (χ1n) is 16.6. The number of ether oxygens (including phenoxy) is 2. The maximum absolute atomic E-state index is 13.6. The number of hydrogen-bond donors (Lipinski definition) is 5. The fourth-order valence-corrected chi connectivity index (χ4v) is 6.33. The van der Waals surface area contributed by atoms with Crippen molar-refractivity contribution in [3.8, 4) is 5.75 Å². The van der Waals surface area contributed by atoms with Gasteiger partial charge >= 0.3 is 0 Å². The number of hydrogen-bond acceptors (Lipinski definition) is 12. The summed E-state index contributed by atoms with van der Waals surface area (Å²) < 4.78 is 12.8. The summed E-state index contributed by atoms with van der Waals surface area (Å²) in [5.74, 6) is 0.527. The van der Waals surface area contributed by atoms with Crippen LogP contribution in [0.5, 0.6) is 5.75 Å². The van der Waals surface area contributed by atoms with E-state index in [-0.39, 0.29) is 16.9 Å². The second-order valence-electron chi connectivity index (χ2n) is 12.3. The Balaban J connectivity index is 1.07. The van der Waals surface area contributed by atoms with Crippen molar-refractivity contribution in [2.75, 3.05) is 30.9 Å². The lowest BCUT2D eigenvalue weighted by atomic mass is 10.1. The minimum absolute atomic E-state index is 0.00351. The molecule has 0 spiro atoms. The average Bonchev–Trinajstić information content (AvgIpc) is 3.74. The Kier molecular flexibility index (Phi) is 9.88. The lowest BCUT2D eigenvalue weighted by Crippen LogP contribution is -2.46. The zero-order chi connectivity index (χ0) is 36.2. The number of benzene rings is 4. The maximum Gasteiger partial charge on any atom is 0.293 e. The Morgan fingerprint density at radius 2 is 1.77 bits per heavy atom. The van der Waals surface area contributed by atoms with E-state index in [0.29, 0.717) is 36.5 Å². The monoisotopic (exact) mass is 704 g/mol. The quantitative estimate of drug-likeness (QED) is 0.0849. The predicted octanol–water partition coefficient (Wildman–Crippen LogP) is 4.21. The zero-order valence-corrected chi connectivity index (χ0v) is 28.0. The molecule has 0 saturated carbocycles. The summed E-state index contributed by atoms with van der Waals surface area (Å²) in [4.78, 5) is 38.3. The van der Waals surface area contributed by atoms with E-state index in [1.807, 2.05) is 48.5 Å². The molecule has 0 radical (unpaired) electrons. The summed E-state index contributed by atoms with van der Waals surface area (Å²) in [6, 6.07) is 24.8. The number of aliphatic hydroxyl groups excluding tert-OH is 2. The van der Waals surface area contributed by atoms with Gasteiger partial charge in [-0.2, -0.15) is 0 Å². The second-order valence-corrected chi connectivity index (χ2v) is 12.3. The molecular weight excluding hydrogens is 668 g/mol. The molecule has 4 atom stereocenters. The molecule has 15 heteroatoms. The van der Waals surface area contributed by atoms with Gasteiger partial charge in [-0.3, -0.25) is 19.5 Å². The topological polar surface area (TPSA) is 199 Å². The smallest absolute Gasteiger partial charge is 0.293 e. The molecule has 1 saturated heterocycles. The second kappa shape index (κ2) is 15.0. The Bertz CT molecular complexity index is 2230. The first kappa shape index (κ1) is 34.3. The molecule has 7 rings (SSSR count). The van der Waals surface area contributed by atoms with Crippen molar-refractivity contribution >= 4 is 45.0 Å². The minimum Gasteiger partial charge on any atom is -0.497 e. The van der Waals surface area contributed by atoms with Crippen molar-refractivity contribution < 1.29 is 29.4 Å². The lowest BCUT2D eigenvalue weighted by Gasteiger charge is -2.23. The molecule has 1 amide bonds. The van der Waals surface area contributed by atoms with Crippen LogP contribution >= 0.6 is 0 Å². The standard InChI is InChI=1S/C37H36N8O7/c1-51-27-11-7-22(8-12-27)14-15-38-28-13-10-26(17-29(28)45(49)50)36(48)43-31-33(47)30(19-46)52-37(31)44-21-42-32-34(40-20-41-35(32)44)39-18-23-6-9-24-4-2-3-5-25(24)16-23/h2-13,16-17,20-21,30-31,33,37-38,46-47H,14-15,18-19H2,1H3,(H,43,48)(H,39,40,41)/t30-,31-,33-,37-/m1/s1. The SMILES string of the molecule is COc1ccc(CCNc2ccc(C(=O)N[C@@H]3[C@H](O)[C@@H](CO)O[C@H]3n3cnc4c(NCc5ccc6ccccc6c5)ncnc43)cc2[N+](=O)[O-])cc1. The molecule has 1 aliphatic heterocycles. The van der Waals surface area contributed by atoms with Crippen LogP contribution in [0.3, 0.4) is 0 Å². The van der Waals surface area contributed by atoms with Crippen molar-refractivity contribution in [2.45, 2.75) is 37.4 Å². The Labute approximate surface area is 297 Å². The minimum atomic E-state index is -1.32. The van der Waals surface area contributed by atoms with Gasteiger partial charge in [0.15, 0.2) is 23.2 Å². The number of imidazole rings is 1. The fraction of sp³-hybridized carbons (Fsp3) is 0.243. The zero-order valence-electron chi connectivity index (χ0n) is 28.0. The summed E-state index contributed by atoms with van der Waals surface area (Å²) in [5, 5.41) is 44.5. The third-order valence-electron chi connectivity index (χ3n) is 9.10. The highest BCUT2D eigenvalue weighted by atomic mass is 16.6. The molecule has 6 aromatic rings. The first-order valence-corrected chi connectivity index (χ1v) is 16.6. The number of anilines is 2. The van der Waals surface area contributed by atoms with Gasteiger partial charge < -0.3 is 35.6 Å². The van der Waals surface area contributed by atoms with Crippen LogP contribution in [0, 0.1) is 10.1 Å². The highest BCUT2D eigenvalue weighted by molar-refractivity contribution is 5.96. The number of nitrogens with zero attached hydrogens (tertiary/aromatic N) is 5. The average molecular weight is 705 g/mol. The highest BCUT2D eigenvalue weighted by Crippen LogP contribution is 2.33. The van der Waals surface area contributed by atoms with Gasteiger partial charge in [0.2, 0.25) is 0 Å². The van der Waals surface area contributed by atoms with Crippen LogP contribution in [0.4, 0.5) is 17.2 Å². The molecule has 15 nitrogen and oxygen atoms in total. The Hall–Kier alpha value is -6.16. The predicted molar refractivity (Wildman–Crippen MR) is 193 cm³/mol. The van der Waals surface area contributed by atoms with E-state index < -0.39 is 41.9 Å².